The second-order valence-corrected chi connectivity index (χ2v) is 5.41. The predicted octanol–water partition coefficient (Wildman–Crippen LogP) is 3.01. The second kappa shape index (κ2) is 7.61. The van der Waals surface area contributed by atoms with E-state index in [9.17, 15) is 0 Å². The van der Waals surface area contributed by atoms with Crippen molar-refractivity contribution in [3.63, 3.8) is 0 Å². The molecule has 0 spiro atoms. The monoisotopic (exact) mass is 307 g/mol. The minimum Gasteiger partial charge on any atom is -0.493 e. The minimum atomic E-state index is 0.565. The Balaban J connectivity index is 1.60. The van der Waals surface area contributed by atoms with Crippen LogP contribution in [0.5, 0.6) is 5.75 Å². The van der Waals surface area contributed by atoms with E-state index in [1.54, 1.807) is 0 Å². The van der Waals surface area contributed by atoms with Crippen molar-refractivity contribution in [1.82, 2.24) is 9.55 Å². The maximum atomic E-state index is 5.75. The smallest absolute Gasteiger partial charge is 0.119 e. The molecule has 1 heterocycles. The number of aromatic nitrogens is 2. The van der Waals surface area contributed by atoms with Crippen LogP contribution in [0.25, 0.3) is 0 Å². The average Bonchev–Trinajstić information content (AvgIpc) is 3.03. The van der Waals surface area contributed by atoms with Crippen molar-refractivity contribution >= 4 is 0 Å². The van der Waals surface area contributed by atoms with E-state index in [4.69, 9.17) is 10.5 Å². The van der Waals surface area contributed by atoms with Crippen molar-refractivity contribution in [2.45, 2.75) is 19.5 Å². The lowest BCUT2D eigenvalue weighted by Gasteiger charge is -2.10. The molecule has 4 nitrogen and oxygen atoms in total. The summed E-state index contributed by atoms with van der Waals surface area (Å²) in [6, 6.07) is 18.2. The van der Waals surface area contributed by atoms with Gasteiger partial charge in [-0.3, -0.25) is 0 Å². The Kier molecular flexibility index (Phi) is 5.06. The molecule has 3 rings (SSSR count). The minimum absolute atomic E-state index is 0.565. The Labute approximate surface area is 136 Å². The van der Waals surface area contributed by atoms with Crippen LogP contribution in [0.2, 0.25) is 0 Å². The number of ether oxygens (including phenoxy) is 1. The van der Waals surface area contributed by atoms with E-state index >= 15 is 0 Å². The highest BCUT2D eigenvalue weighted by molar-refractivity contribution is 5.24. The molecule has 0 amide bonds. The van der Waals surface area contributed by atoms with Crippen LogP contribution in [0, 0.1) is 0 Å². The van der Waals surface area contributed by atoms with Crippen LogP contribution in [0.3, 0.4) is 0 Å². The quantitative estimate of drug-likeness (QED) is 0.730. The number of nitrogens with zero attached hydrogens (tertiary/aromatic N) is 2. The summed E-state index contributed by atoms with van der Waals surface area (Å²) in [5.74, 6) is 1.92. The number of imidazole rings is 1. The van der Waals surface area contributed by atoms with Crippen molar-refractivity contribution < 1.29 is 4.74 Å². The largest absolute Gasteiger partial charge is 0.493 e. The van der Waals surface area contributed by atoms with Gasteiger partial charge >= 0.3 is 0 Å². The van der Waals surface area contributed by atoms with Crippen LogP contribution >= 0.6 is 0 Å². The first-order valence-electron chi connectivity index (χ1n) is 7.81. The highest BCUT2D eigenvalue weighted by Gasteiger charge is 2.05. The van der Waals surface area contributed by atoms with Gasteiger partial charge in [0.2, 0.25) is 0 Å². The van der Waals surface area contributed by atoms with Crippen LogP contribution < -0.4 is 10.5 Å². The first kappa shape index (κ1) is 15.3. The van der Waals surface area contributed by atoms with Gasteiger partial charge in [-0.1, -0.05) is 42.5 Å². The molecule has 23 heavy (non-hydrogen) atoms. The van der Waals surface area contributed by atoms with E-state index in [1.807, 2.05) is 54.9 Å². The third kappa shape index (κ3) is 4.20. The van der Waals surface area contributed by atoms with Gasteiger partial charge in [-0.2, -0.15) is 0 Å². The number of hydrogen-bond donors (Lipinski definition) is 1. The van der Waals surface area contributed by atoms with E-state index in [0.717, 1.165) is 30.1 Å². The summed E-state index contributed by atoms with van der Waals surface area (Å²) in [5.41, 5.74) is 8.09. The zero-order valence-electron chi connectivity index (χ0n) is 13.1. The Morgan fingerprint density at radius 1 is 1.00 bits per heavy atom. The summed E-state index contributed by atoms with van der Waals surface area (Å²) in [5, 5.41) is 0. The average molecular weight is 307 g/mol. The van der Waals surface area contributed by atoms with Crippen molar-refractivity contribution in [2.75, 3.05) is 6.61 Å². The summed E-state index contributed by atoms with van der Waals surface area (Å²) in [7, 11) is 0. The third-order valence-corrected chi connectivity index (χ3v) is 3.72. The van der Waals surface area contributed by atoms with E-state index in [-0.39, 0.29) is 0 Å². The molecule has 2 N–H and O–H groups in total. The lowest BCUT2D eigenvalue weighted by molar-refractivity contribution is 0.317. The topological polar surface area (TPSA) is 53.1 Å². The fourth-order valence-electron chi connectivity index (χ4n) is 2.54. The van der Waals surface area contributed by atoms with E-state index in [2.05, 4.69) is 21.7 Å². The van der Waals surface area contributed by atoms with Crippen LogP contribution in [-0.2, 0) is 19.5 Å². The second-order valence-electron chi connectivity index (χ2n) is 5.41. The molecule has 0 bridgehead atoms. The summed E-state index contributed by atoms with van der Waals surface area (Å²) in [6.07, 6.45) is 4.62. The van der Waals surface area contributed by atoms with Gasteiger partial charge in [0.05, 0.1) is 6.61 Å². The SMILES string of the molecule is NCc1cccc(Cn2ccnc2CCOc2ccccc2)c1. The molecule has 0 aliphatic rings. The molecular formula is C19H21N3O. The number of nitrogens with two attached hydrogens (primary N) is 1. The molecule has 0 aliphatic carbocycles. The highest BCUT2D eigenvalue weighted by Crippen LogP contribution is 2.11. The number of benzene rings is 2. The fraction of sp³-hybridized carbons (Fsp3) is 0.211. The lowest BCUT2D eigenvalue weighted by Crippen LogP contribution is -2.09. The lowest BCUT2D eigenvalue weighted by atomic mass is 10.1. The fourth-order valence-corrected chi connectivity index (χ4v) is 2.54. The third-order valence-electron chi connectivity index (χ3n) is 3.72. The Bertz CT molecular complexity index is 737. The maximum absolute atomic E-state index is 5.75. The number of hydrogen-bond acceptors (Lipinski definition) is 3. The van der Waals surface area contributed by atoms with Crippen LogP contribution in [0.1, 0.15) is 17.0 Å². The molecule has 2 aromatic carbocycles. The predicted molar refractivity (Wildman–Crippen MR) is 91.3 cm³/mol. The van der Waals surface area contributed by atoms with Crippen LogP contribution in [0.15, 0.2) is 67.0 Å². The molecular weight excluding hydrogens is 286 g/mol. The molecule has 4 heteroatoms. The molecule has 0 atom stereocenters. The van der Waals surface area contributed by atoms with Gasteiger partial charge in [-0.05, 0) is 23.3 Å². The molecule has 0 saturated heterocycles. The van der Waals surface area contributed by atoms with E-state index in [1.165, 1.54) is 5.56 Å². The van der Waals surface area contributed by atoms with Crippen molar-refractivity contribution in [3.05, 3.63) is 83.9 Å². The molecule has 1 aromatic heterocycles. The van der Waals surface area contributed by atoms with Gasteiger partial charge in [-0.25, -0.2) is 4.98 Å². The molecule has 0 aliphatic heterocycles. The van der Waals surface area contributed by atoms with Gasteiger partial charge in [0.15, 0.2) is 0 Å². The van der Waals surface area contributed by atoms with E-state index < -0.39 is 0 Å². The first-order valence-corrected chi connectivity index (χ1v) is 7.81. The molecule has 0 unspecified atom stereocenters. The zero-order chi connectivity index (χ0) is 15.9. The zero-order valence-corrected chi connectivity index (χ0v) is 13.1. The summed E-state index contributed by atoms with van der Waals surface area (Å²) >= 11 is 0. The normalized spacial score (nSPS) is 10.7. The molecule has 118 valence electrons. The first-order chi connectivity index (χ1) is 11.3. The van der Waals surface area contributed by atoms with Crippen molar-refractivity contribution in [2.24, 2.45) is 5.73 Å². The Morgan fingerprint density at radius 2 is 1.83 bits per heavy atom. The van der Waals surface area contributed by atoms with Crippen molar-refractivity contribution in [3.8, 4) is 5.75 Å². The molecule has 0 saturated carbocycles. The molecule has 3 aromatic rings. The number of para-hydroxylation sites is 1. The summed E-state index contributed by atoms with van der Waals surface area (Å²) < 4.78 is 7.91. The van der Waals surface area contributed by atoms with Gasteiger partial charge in [0, 0.05) is 31.9 Å². The summed E-state index contributed by atoms with van der Waals surface area (Å²) in [4.78, 5) is 4.44. The molecule has 0 fully saturated rings. The Hall–Kier alpha value is -2.59. The number of rotatable bonds is 7. The maximum Gasteiger partial charge on any atom is 0.119 e. The Morgan fingerprint density at radius 3 is 2.65 bits per heavy atom. The highest BCUT2D eigenvalue weighted by atomic mass is 16.5. The van der Waals surface area contributed by atoms with Gasteiger partial charge in [0.1, 0.15) is 11.6 Å². The van der Waals surface area contributed by atoms with Crippen LogP contribution in [-0.4, -0.2) is 16.2 Å². The molecule has 0 radical (unpaired) electrons. The van der Waals surface area contributed by atoms with Crippen molar-refractivity contribution in [1.29, 1.82) is 0 Å². The standard InChI is InChI=1S/C19H21N3O/c20-14-16-5-4-6-17(13-16)15-22-11-10-21-19(22)9-12-23-18-7-2-1-3-8-18/h1-8,10-11,13H,9,12,14-15,20H2. The van der Waals surface area contributed by atoms with Gasteiger partial charge in [0.25, 0.3) is 0 Å². The van der Waals surface area contributed by atoms with E-state index in [0.29, 0.717) is 13.2 Å². The van der Waals surface area contributed by atoms with Gasteiger partial charge < -0.3 is 15.0 Å². The van der Waals surface area contributed by atoms with Gasteiger partial charge in [-0.15, -0.1) is 0 Å². The summed E-state index contributed by atoms with van der Waals surface area (Å²) in [6.45, 7) is 1.98. The van der Waals surface area contributed by atoms with Crippen LogP contribution in [0.4, 0.5) is 0 Å².